The summed E-state index contributed by atoms with van der Waals surface area (Å²) < 4.78 is 0. The van der Waals surface area contributed by atoms with Gasteiger partial charge in [0.05, 0.1) is 0 Å². The second-order valence-corrected chi connectivity index (χ2v) is 3.56. The Morgan fingerprint density at radius 1 is 1.26 bits per heavy atom. The number of carbonyl (C=O) groups excluding carboxylic acids is 1. The van der Waals surface area contributed by atoms with Crippen molar-refractivity contribution in [2.24, 2.45) is 0 Å². The van der Waals surface area contributed by atoms with Gasteiger partial charge in [-0.25, -0.2) is 4.98 Å². The predicted octanol–water partition coefficient (Wildman–Crippen LogP) is 1.07. The fraction of sp³-hybridized carbons (Fsp3) is 0.0714. The number of aliphatic hydroxyl groups excluding tert-OH is 1. The SMILES string of the molecule is O=C(Nc1cc(C#CCO)ccn1)c1ccccn1. The van der Waals surface area contributed by atoms with Crippen LogP contribution in [0, 0.1) is 11.8 Å². The Hall–Kier alpha value is -2.71. The zero-order valence-electron chi connectivity index (χ0n) is 10.00. The standard InChI is InChI=1S/C14H11N3O2/c18-9-3-4-11-6-8-16-13(10-11)17-14(19)12-5-1-2-7-15-12/h1-2,5-8,10,18H,9H2,(H,16,17,19). The highest BCUT2D eigenvalue weighted by Crippen LogP contribution is 2.07. The Balaban J connectivity index is 2.13. The highest BCUT2D eigenvalue weighted by molar-refractivity contribution is 6.02. The Bertz CT molecular complexity index is 630. The minimum absolute atomic E-state index is 0.210. The lowest BCUT2D eigenvalue weighted by Gasteiger charge is -2.03. The van der Waals surface area contributed by atoms with Gasteiger partial charge in [-0.2, -0.15) is 0 Å². The molecule has 2 rings (SSSR count). The van der Waals surface area contributed by atoms with Crippen LogP contribution < -0.4 is 5.32 Å². The number of amides is 1. The van der Waals surface area contributed by atoms with Crippen LogP contribution in [-0.2, 0) is 0 Å². The lowest BCUT2D eigenvalue weighted by atomic mass is 10.2. The molecule has 0 unspecified atom stereocenters. The van der Waals surface area contributed by atoms with Crippen molar-refractivity contribution in [2.75, 3.05) is 11.9 Å². The zero-order valence-corrected chi connectivity index (χ0v) is 10.00. The third kappa shape index (κ3) is 3.63. The number of pyridine rings is 2. The van der Waals surface area contributed by atoms with Crippen molar-refractivity contribution < 1.29 is 9.90 Å². The average Bonchev–Trinajstić information content (AvgIpc) is 2.46. The molecule has 2 N–H and O–H groups in total. The van der Waals surface area contributed by atoms with E-state index in [9.17, 15) is 4.79 Å². The maximum Gasteiger partial charge on any atom is 0.275 e. The van der Waals surface area contributed by atoms with Gasteiger partial charge in [0.1, 0.15) is 18.1 Å². The number of nitrogens with one attached hydrogen (secondary N) is 1. The summed E-state index contributed by atoms with van der Waals surface area (Å²) in [5, 5.41) is 11.3. The summed E-state index contributed by atoms with van der Waals surface area (Å²) in [6.45, 7) is -0.210. The van der Waals surface area contributed by atoms with Crippen molar-refractivity contribution >= 4 is 11.7 Å². The molecule has 0 aliphatic rings. The third-order valence-electron chi connectivity index (χ3n) is 2.21. The number of hydrogen-bond acceptors (Lipinski definition) is 4. The first-order chi connectivity index (χ1) is 9.29. The Labute approximate surface area is 110 Å². The number of hydrogen-bond donors (Lipinski definition) is 2. The highest BCUT2D eigenvalue weighted by atomic mass is 16.2. The average molecular weight is 253 g/mol. The van der Waals surface area contributed by atoms with Crippen molar-refractivity contribution in [2.45, 2.75) is 0 Å². The van der Waals surface area contributed by atoms with Gasteiger partial charge in [-0.1, -0.05) is 17.9 Å². The van der Waals surface area contributed by atoms with Crippen molar-refractivity contribution in [1.29, 1.82) is 0 Å². The van der Waals surface area contributed by atoms with E-state index >= 15 is 0 Å². The second-order valence-electron chi connectivity index (χ2n) is 3.56. The summed E-state index contributed by atoms with van der Waals surface area (Å²) in [6.07, 6.45) is 3.08. The van der Waals surface area contributed by atoms with E-state index in [2.05, 4.69) is 27.1 Å². The fourth-order valence-corrected chi connectivity index (χ4v) is 1.40. The lowest BCUT2D eigenvalue weighted by Crippen LogP contribution is -2.14. The predicted molar refractivity (Wildman–Crippen MR) is 70.4 cm³/mol. The molecular weight excluding hydrogens is 242 g/mol. The normalized spacial score (nSPS) is 9.32. The molecule has 0 aliphatic carbocycles. The largest absolute Gasteiger partial charge is 0.384 e. The molecular formula is C14H11N3O2. The third-order valence-corrected chi connectivity index (χ3v) is 2.21. The molecule has 94 valence electrons. The van der Waals surface area contributed by atoms with E-state index in [4.69, 9.17) is 5.11 Å². The maximum absolute atomic E-state index is 11.8. The van der Waals surface area contributed by atoms with Crippen LogP contribution in [0.2, 0.25) is 0 Å². The van der Waals surface area contributed by atoms with Crippen LogP contribution in [0.25, 0.3) is 0 Å². The molecule has 0 saturated carbocycles. The van der Waals surface area contributed by atoms with Crippen LogP contribution in [0.1, 0.15) is 16.1 Å². The van der Waals surface area contributed by atoms with E-state index in [1.165, 1.54) is 6.20 Å². The molecule has 5 heteroatoms. The Morgan fingerprint density at radius 2 is 2.16 bits per heavy atom. The van der Waals surface area contributed by atoms with E-state index in [1.54, 1.807) is 36.5 Å². The molecule has 19 heavy (non-hydrogen) atoms. The first-order valence-corrected chi connectivity index (χ1v) is 5.58. The fourth-order valence-electron chi connectivity index (χ4n) is 1.40. The molecule has 2 aromatic heterocycles. The number of aliphatic hydroxyl groups is 1. The number of nitrogens with zero attached hydrogens (tertiary/aromatic N) is 2. The summed E-state index contributed by atoms with van der Waals surface area (Å²) in [5.41, 5.74) is 0.983. The summed E-state index contributed by atoms with van der Waals surface area (Å²) in [5.74, 6) is 5.33. The van der Waals surface area contributed by atoms with E-state index in [1.807, 2.05) is 0 Å². The monoisotopic (exact) mass is 253 g/mol. The molecule has 2 heterocycles. The number of aromatic nitrogens is 2. The summed E-state index contributed by atoms with van der Waals surface area (Å²) in [6, 6.07) is 8.41. The van der Waals surface area contributed by atoms with Crippen LogP contribution in [0.4, 0.5) is 5.82 Å². The minimum atomic E-state index is -0.333. The topological polar surface area (TPSA) is 75.1 Å². The van der Waals surface area contributed by atoms with Crippen molar-refractivity contribution in [3.05, 3.63) is 54.0 Å². The van der Waals surface area contributed by atoms with Gasteiger partial charge in [0.25, 0.3) is 5.91 Å². The van der Waals surface area contributed by atoms with Gasteiger partial charge in [-0.15, -0.1) is 0 Å². The first-order valence-electron chi connectivity index (χ1n) is 5.58. The Kier molecular flexibility index (Phi) is 4.21. The van der Waals surface area contributed by atoms with Gasteiger partial charge in [0.2, 0.25) is 0 Å². The quantitative estimate of drug-likeness (QED) is 0.785. The maximum atomic E-state index is 11.8. The number of anilines is 1. The van der Waals surface area contributed by atoms with Crippen molar-refractivity contribution in [3.63, 3.8) is 0 Å². The van der Waals surface area contributed by atoms with Crippen molar-refractivity contribution in [3.8, 4) is 11.8 Å². The molecule has 1 amide bonds. The van der Waals surface area contributed by atoms with Gasteiger partial charge in [-0.3, -0.25) is 9.78 Å². The molecule has 0 bridgehead atoms. The van der Waals surface area contributed by atoms with Gasteiger partial charge in [-0.05, 0) is 24.3 Å². The molecule has 0 atom stereocenters. The van der Waals surface area contributed by atoms with Gasteiger partial charge < -0.3 is 10.4 Å². The van der Waals surface area contributed by atoms with E-state index in [0.717, 1.165) is 0 Å². The molecule has 0 aliphatic heterocycles. The number of carbonyl (C=O) groups is 1. The molecule has 5 nitrogen and oxygen atoms in total. The summed E-state index contributed by atoms with van der Waals surface area (Å²) in [4.78, 5) is 19.8. The van der Waals surface area contributed by atoms with Crippen LogP contribution in [0.5, 0.6) is 0 Å². The number of rotatable bonds is 2. The zero-order chi connectivity index (χ0) is 13.5. The van der Waals surface area contributed by atoms with E-state index in [0.29, 0.717) is 17.1 Å². The van der Waals surface area contributed by atoms with Gasteiger partial charge in [0.15, 0.2) is 0 Å². The van der Waals surface area contributed by atoms with Gasteiger partial charge >= 0.3 is 0 Å². The van der Waals surface area contributed by atoms with Crippen LogP contribution in [0.15, 0.2) is 42.7 Å². The van der Waals surface area contributed by atoms with Crippen molar-refractivity contribution in [1.82, 2.24) is 9.97 Å². The highest BCUT2D eigenvalue weighted by Gasteiger charge is 2.07. The second kappa shape index (κ2) is 6.28. The first kappa shape index (κ1) is 12.7. The molecule has 2 aromatic rings. The van der Waals surface area contributed by atoms with Crippen LogP contribution in [0.3, 0.4) is 0 Å². The summed E-state index contributed by atoms with van der Waals surface area (Å²) in [7, 11) is 0. The molecule has 0 aromatic carbocycles. The lowest BCUT2D eigenvalue weighted by molar-refractivity contribution is 0.102. The molecule has 0 radical (unpaired) electrons. The van der Waals surface area contributed by atoms with Crippen LogP contribution >= 0.6 is 0 Å². The van der Waals surface area contributed by atoms with Gasteiger partial charge in [0, 0.05) is 18.0 Å². The minimum Gasteiger partial charge on any atom is -0.384 e. The molecule has 0 spiro atoms. The summed E-state index contributed by atoms with van der Waals surface area (Å²) >= 11 is 0. The molecule has 0 fully saturated rings. The van der Waals surface area contributed by atoms with E-state index < -0.39 is 0 Å². The smallest absolute Gasteiger partial charge is 0.275 e. The van der Waals surface area contributed by atoms with Crippen LogP contribution in [-0.4, -0.2) is 27.6 Å². The molecule has 0 saturated heterocycles. The van der Waals surface area contributed by atoms with E-state index in [-0.39, 0.29) is 12.5 Å². The Morgan fingerprint density at radius 3 is 2.89 bits per heavy atom.